The van der Waals surface area contributed by atoms with Gasteiger partial charge in [0.2, 0.25) is 0 Å². The summed E-state index contributed by atoms with van der Waals surface area (Å²) in [5.41, 5.74) is 3.31. The van der Waals surface area contributed by atoms with E-state index in [1.54, 1.807) is 19.1 Å². The predicted molar refractivity (Wildman–Crippen MR) is 76.5 cm³/mol. The van der Waals surface area contributed by atoms with Crippen LogP contribution in [-0.4, -0.2) is 10.8 Å². The Labute approximate surface area is 121 Å². The van der Waals surface area contributed by atoms with Crippen molar-refractivity contribution in [2.75, 3.05) is 0 Å². The van der Waals surface area contributed by atoms with Crippen molar-refractivity contribution in [1.29, 1.82) is 0 Å². The number of nitrogens with one attached hydrogen (secondary N) is 1. The van der Waals surface area contributed by atoms with Crippen molar-refractivity contribution in [3.05, 3.63) is 75.3 Å². The zero-order valence-electron chi connectivity index (χ0n) is 11.4. The van der Waals surface area contributed by atoms with E-state index in [0.717, 1.165) is 5.56 Å². The quantitative estimate of drug-likeness (QED) is 0.677. The number of para-hydroxylation sites is 1. The van der Waals surface area contributed by atoms with Gasteiger partial charge in [0.05, 0.1) is 11.5 Å². The molecule has 0 aliphatic carbocycles. The molecule has 0 aliphatic rings. The predicted octanol–water partition coefficient (Wildman–Crippen LogP) is 2.76. The number of aryl methyl sites for hydroxylation is 1. The lowest BCUT2D eigenvalue weighted by Gasteiger charge is -2.07. The molecule has 0 atom stereocenters. The van der Waals surface area contributed by atoms with Crippen LogP contribution in [0.4, 0.5) is 5.69 Å². The Morgan fingerprint density at radius 3 is 2.57 bits per heavy atom. The molecule has 6 nitrogen and oxygen atoms in total. The molecule has 2 aromatic rings. The van der Waals surface area contributed by atoms with Gasteiger partial charge in [-0.2, -0.15) is 0 Å². The van der Waals surface area contributed by atoms with Crippen molar-refractivity contribution >= 4 is 11.6 Å². The Kier molecular flexibility index (Phi) is 4.63. The van der Waals surface area contributed by atoms with Crippen LogP contribution in [0.15, 0.2) is 48.5 Å². The minimum atomic E-state index is -0.638. The van der Waals surface area contributed by atoms with E-state index in [0.29, 0.717) is 5.56 Å². The van der Waals surface area contributed by atoms with Crippen molar-refractivity contribution in [3.8, 4) is 0 Å². The second-order valence-electron chi connectivity index (χ2n) is 4.43. The summed E-state index contributed by atoms with van der Waals surface area (Å²) in [6.07, 6.45) is 0. The third-order valence-electron chi connectivity index (χ3n) is 2.91. The molecule has 0 unspecified atom stereocenters. The fraction of sp³-hybridized carbons (Fsp3) is 0.133. The fourth-order valence-corrected chi connectivity index (χ4v) is 1.90. The van der Waals surface area contributed by atoms with Crippen molar-refractivity contribution in [2.45, 2.75) is 13.5 Å². The van der Waals surface area contributed by atoms with Crippen molar-refractivity contribution in [3.63, 3.8) is 0 Å². The summed E-state index contributed by atoms with van der Waals surface area (Å²) in [7, 11) is 0. The Morgan fingerprint density at radius 1 is 1.19 bits per heavy atom. The number of hydroxylamine groups is 1. The Balaban J connectivity index is 2.04. The number of hydrogen-bond acceptors (Lipinski definition) is 4. The number of nitro groups is 1. The SMILES string of the molecule is Cc1cccc(C(=O)NOCc2ccccc2)c1[N+](=O)[O-]. The van der Waals surface area contributed by atoms with Crippen LogP contribution >= 0.6 is 0 Å². The third kappa shape index (κ3) is 3.64. The first-order valence-electron chi connectivity index (χ1n) is 6.29. The number of hydrogen-bond donors (Lipinski definition) is 1. The molecule has 1 amide bonds. The Morgan fingerprint density at radius 2 is 1.90 bits per heavy atom. The van der Waals surface area contributed by atoms with Crippen LogP contribution in [0.2, 0.25) is 0 Å². The average Bonchev–Trinajstić information content (AvgIpc) is 2.47. The minimum absolute atomic E-state index is 0.0203. The largest absolute Gasteiger partial charge is 0.285 e. The van der Waals surface area contributed by atoms with Crippen LogP contribution in [0.5, 0.6) is 0 Å². The van der Waals surface area contributed by atoms with Gasteiger partial charge < -0.3 is 0 Å². The number of nitrogens with zero attached hydrogens (tertiary/aromatic N) is 1. The lowest BCUT2D eigenvalue weighted by Crippen LogP contribution is -2.24. The lowest BCUT2D eigenvalue weighted by molar-refractivity contribution is -0.385. The molecule has 2 rings (SSSR count). The molecule has 0 fully saturated rings. The van der Waals surface area contributed by atoms with E-state index in [1.807, 2.05) is 30.3 Å². The molecule has 0 aromatic heterocycles. The van der Waals surface area contributed by atoms with Gasteiger partial charge in [-0.25, -0.2) is 5.48 Å². The van der Waals surface area contributed by atoms with E-state index in [-0.39, 0.29) is 17.9 Å². The molecule has 2 aromatic carbocycles. The second-order valence-corrected chi connectivity index (χ2v) is 4.43. The van der Waals surface area contributed by atoms with Crippen LogP contribution in [0.25, 0.3) is 0 Å². The normalized spacial score (nSPS) is 10.1. The van der Waals surface area contributed by atoms with Gasteiger partial charge in [0.1, 0.15) is 5.56 Å². The lowest BCUT2D eigenvalue weighted by atomic mass is 10.1. The van der Waals surface area contributed by atoms with Gasteiger partial charge in [0, 0.05) is 5.56 Å². The van der Waals surface area contributed by atoms with Gasteiger partial charge in [0.15, 0.2) is 0 Å². The highest BCUT2D eigenvalue weighted by Crippen LogP contribution is 2.22. The van der Waals surface area contributed by atoms with E-state index in [9.17, 15) is 14.9 Å². The summed E-state index contributed by atoms with van der Waals surface area (Å²) in [6.45, 7) is 1.77. The minimum Gasteiger partial charge on any atom is -0.269 e. The maximum absolute atomic E-state index is 12.0. The number of carbonyl (C=O) groups is 1. The maximum Gasteiger partial charge on any atom is 0.285 e. The highest BCUT2D eigenvalue weighted by molar-refractivity contribution is 5.98. The molecule has 0 radical (unpaired) electrons. The molecule has 0 saturated carbocycles. The van der Waals surface area contributed by atoms with Gasteiger partial charge in [-0.15, -0.1) is 0 Å². The number of nitro benzene ring substituents is 1. The van der Waals surface area contributed by atoms with Gasteiger partial charge in [-0.05, 0) is 18.6 Å². The van der Waals surface area contributed by atoms with E-state index in [1.165, 1.54) is 6.07 Å². The molecule has 0 spiro atoms. The van der Waals surface area contributed by atoms with Crippen molar-refractivity contribution in [1.82, 2.24) is 5.48 Å². The second kappa shape index (κ2) is 6.62. The standard InChI is InChI=1S/C15H14N2O4/c1-11-6-5-9-13(14(11)17(19)20)15(18)16-21-10-12-7-3-2-4-8-12/h2-9H,10H2,1H3,(H,16,18). The van der Waals surface area contributed by atoms with Crippen LogP contribution in [0.3, 0.4) is 0 Å². The molecule has 1 N–H and O–H groups in total. The molecule has 0 bridgehead atoms. The number of benzene rings is 2. The van der Waals surface area contributed by atoms with Gasteiger partial charge in [-0.1, -0.05) is 42.5 Å². The topological polar surface area (TPSA) is 81.5 Å². The summed E-state index contributed by atoms with van der Waals surface area (Å²) in [5, 5.41) is 11.0. The molecule has 108 valence electrons. The van der Waals surface area contributed by atoms with Crippen LogP contribution < -0.4 is 5.48 Å². The molecule has 6 heteroatoms. The van der Waals surface area contributed by atoms with Gasteiger partial charge >= 0.3 is 0 Å². The first-order chi connectivity index (χ1) is 10.1. The molecular weight excluding hydrogens is 272 g/mol. The smallest absolute Gasteiger partial charge is 0.269 e. The highest BCUT2D eigenvalue weighted by atomic mass is 16.7. The fourth-order valence-electron chi connectivity index (χ4n) is 1.90. The van der Waals surface area contributed by atoms with Gasteiger partial charge in [-0.3, -0.25) is 19.7 Å². The Bertz CT molecular complexity index is 656. The van der Waals surface area contributed by atoms with E-state index in [2.05, 4.69) is 5.48 Å². The number of rotatable bonds is 5. The Hall–Kier alpha value is -2.73. The summed E-state index contributed by atoms with van der Waals surface area (Å²) in [5.74, 6) is -0.638. The highest BCUT2D eigenvalue weighted by Gasteiger charge is 2.22. The first kappa shape index (κ1) is 14.7. The third-order valence-corrected chi connectivity index (χ3v) is 2.91. The zero-order chi connectivity index (χ0) is 15.2. The van der Waals surface area contributed by atoms with Crippen LogP contribution in [-0.2, 0) is 11.4 Å². The van der Waals surface area contributed by atoms with E-state index < -0.39 is 10.8 Å². The summed E-state index contributed by atoms with van der Waals surface area (Å²) in [4.78, 5) is 27.5. The average molecular weight is 286 g/mol. The molecule has 0 aliphatic heterocycles. The van der Waals surface area contributed by atoms with E-state index in [4.69, 9.17) is 4.84 Å². The molecular formula is C15H14N2O4. The molecule has 21 heavy (non-hydrogen) atoms. The van der Waals surface area contributed by atoms with Crippen molar-refractivity contribution in [2.24, 2.45) is 0 Å². The maximum atomic E-state index is 12.0. The van der Waals surface area contributed by atoms with E-state index >= 15 is 0 Å². The molecule has 0 heterocycles. The first-order valence-corrected chi connectivity index (χ1v) is 6.29. The number of amides is 1. The monoisotopic (exact) mass is 286 g/mol. The van der Waals surface area contributed by atoms with Gasteiger partial charge in [0.25, 0.3) is 11.6 Å². The summed E-state index contributed by atoms with van der Waals surface area (Å²) < 4.78 is 0. The summed E-state index contributed by atoms with van der Waals surface area (Å²) >= 11 is 0. The summed E-state index contributed by atoms with van der Waals surface area (Å²) in [6, 6.07) is 13.8. The van der Waals surface area contributed by atoms with Crippen LogP contribution in [0.1, 0.15) is 21.5 Å². The van der Waals surface area contributed by atoms with Crippen LogP contribution in [0, 0.1) is 17.0 Å². The number of carbonyl (C=O) groups excluding carboxylic acids is 1. The molecule has 0 saturated heterocycles. The van der Waals surface area contributed by atoms with Crippen molar-refractivity contribution < 1.29 is 14.6 Å². The zero-order valence-corrected chi connectivity index (χ0v) is 11.4.